The monoisotopic (exact) mass is 484 g/mol. The van der Waals surface area contributed by atoms with Gasteiger partial charge in [-0.3, -0.25) is 14.4 Å². The molecule has 0 fully saturated rings. The van der Waals surface area contributed by atoms with E-state index in [2.05, 4.69) is 16.0 Å². The lowest BCUT2D eigenvalue weighted by atomic mass is 10.0. The van der Waals surface area contributed by atoms with Gasteiger partial charge in [0.25, 0.3) is 0 Å². The van der Waals surface area contributed by atoms with Crippen LogP contribution in [0, 0.1) is 5.92 Å². The van der Waals surface area contributed by atoms with Gasteiger partial charge in [0.2, 0.25) is 17.7 Å². The van der Waals surface area contributed by atoms with Gasteiger partial charge in [0.05, 0.1) is 12.6 Å². The molecule has 10 heteroatoms. The summed E-state index contributed by atoms with van der Waals surface area (Å²) in [4.78, 5) is 49.0. The Morgan fingerprint density at radius 1 is 0.857 bits per heavy atom. The zero-order chi connectivity index (χ0) is 26.0. The number of carboxylic acid groups (broad SMARTS) is 1. The summed E-state index contributed by atoms with van der Waals surface area (Å²) in [5.74, 6) is -3.18. The number of amides is 3. The highest BCUT2D eigenvalue weighted by Crippen LogP contribution is 2.11. The molecular formula is C25H32N4O6. The van der Waals surface area contributed by atoms with Crippen LogP contribution < -0.4 is 21.7 Å². The van der Waals surface area contributed by atoms with Crippen LogP contribution in [0.5, 0.6) is 5.75 Å². The van der Waals surface area contributed by atoms with Crippen molar-refractivity contribution in [1.29, 1.82) is 0 Å². The molecule has 188 valence electrons. The number of phenols is 1. The molecule has 2 rings (SSSR count). The third-order valence-corrected chi connectivity index (χ3v) is 5.31. The van der Waals surface area contributed by atoms with Crippen molar-refractivity contribution >= 4 is 23.7 Å². The average Bonchev–Trinajstić information content (AvgIpc) is 2.82. The number of rotatable bonds is 12. The van der Waals surface area contributed by atoms with Crippen LogP contribution in [0.3, 0.4) is 0 Å². The van der Waals surface area contributed by atoms with Crippen LogP contribution >= 0.6 is 0 Å². The summed E-state index contributed by atoms with van der Waals surface area (Å²) < 4.78 is 0. The van der Waals surface area contributed by atoms with Crippen LogP contribution in [0.2, 0.25) is 0 Å². The van der Waals surface area contributed by atoms with E-state index in [1.54, 1.807) is 56.3 Å². The van der Waals surface area contributed by atoms with E-state index < -0.39 is 48.4 Å². The van der Waals surface area contributed by atoms with Gasteiger partial charge >= 0.3 is 5.97 Å². The van der Waals surface area contributed by atoms with E-state index in [0.29, 0.717) is 0 Å². The topological polar surface area (TPSA) is 171 Å². The van der Waals surface area contributed by atoms with E-state index in [1.807, 2.05) is 0 Å². The number of hydrogen-bond acceptors (Lipinski definition) is 6. The van der Waals surface area contributed by atoms with E-state index in [0.717, 1.165) is 11.1 Å². The third-order valence-electron chi connectivity index (χ3n) is 5.31. The first-order valence-corrected chi connectivity index (χ1v) is 11.2. The maximum Gasteiger partial charge on any atom is 0.326 e. The van der Waals surface area contributed by atoms with Crippen LogP contribution in [0.25, 0.3) is 0 Å². The average molecular weight is 485 g/mol. The van der Waals surface area contributed by atoms with Crippen molar-refractivity contribution in [1.82, 2.24) is 16.0 Å². The minimum atomic E-state index is -1.19. The zero-order valence-corrected chi connectivity index (χ0v) is 19.7. The fraction of sp³-hybridized carbons (Fsp3) is 0.360. The molecule has 35 heavy (non-hydrogen) atoms. The Kier molecular flexibility index (Phi) is 10.2. The summed E-state index contributed by atoms with van der Waals surface area (Å²) in [5.41, 5.74) is 7.47. The number of nitrogens with one attached hydrogen (secondary N) is 3. The molecule has 0 radical (unpaired) electrons. The number of carbonyl (C=O) groups is 4. The maximum absolute atomic E-state index is 12.7. The Labute approximate surface area is 203 Å². The molecule has 0 heterocycles. The van der Waals surface area contributed by atoms with E-state index >= 15 is 0 Å². The lowest BCUT2D eigenvalue weighted by Crippen LogP contribution is -2.55. The summed E-state index contributed by atoms with van der Waals surface area (Å²) in [6.45, 7) is 3.02. The maximum atomic E-state index is 12.7. The van der Waals surface area contributed by atoms with Gasteiger partial charge in [-0.25, -0.2) is 4.79 Å². The van der Waals surface area contributed by atoms with Gasteiger partial charge in [-0.1, -0.05) is 56.3 Å². The summed E-state index contributed by atoms with van der Waals surface area (Å²) in [6.07, 6.45) is 0.304. The predicted molar refractivity (Wildman–Crippen MR) is 129 cm³/mol. The molecule has 0 saturated heterocycles. The van der Waals surface area contributed by atoms with Crippen molar-refractivity contribution in [2.75, 3.05) is 6.54 Å². The second-order valence-electron chi connectivity index (χ2n) is 8.57. The van der Waals surface area contributed by atoms with Crippen LogP contribution in [-0.4, -0.2) is 58.6 Å². The molecule has 0 aliphatic heterocycles. The van der Waals surface area contributed by atoms with Crippen molar-refractivity contribution < 1.29 is 29.4 Å². The molecule has 0 saturated carbocycles. The van der Waals surface area contributed by atoms with Crippen molar-refractivity contribution in [2.24, 2.45) is 11.7 Å². The number of hydrogen-bond donors (Lipinski definition) is 6. The molecule has 3 atom stereocenters. The lowest BCUT2D eigenvalue weighted by molar-refractivity contribution is -0.141. The second kappa shape index (κ2) is 13.1. The van der Waals surface area contributed by atoms with Crippen LogP contribution in [0.1, 0.15) is 25.0 Å². The number of benzene rings is 2. The third kappa shape index (κ3) is 9.09. The standard InChI is InChI=1S/C25H32N4O6/c1-15(2)22(29-23(32)19(26)12-17-8-10-18(30)11-9-17)24(33)27-14-21(31)28-20(25(34)35)13-16-6-4-3-5-7-16/h3-11,15,19-20,22,30H,12-14,26H2,1-2H3,(H,27,33)(H,28,31)(H,29,32)(H,34,35). The lowest BCUT2D eigenvalue weighted by Gasteiger charge is -2.23. The minimum Gasteiger partial charge on any atom is -0.508 e. The first-order valence-electron chi connectivity index (χ1n) is 11.2. The molecular weight excluding hydrogens is 452 g/mol. The number of aliphatic carboxylic acids is 1. The zero-order valence-electron chi connectivity index (χ0n) is 19.7. The molecule has 0 bridgehead atoms. The normalized spacial score (nSPS) is 13.4. The molecule has 3 amide bonds. The van der Waals surface area contributed by atoms with Gasteiger partial charge < -0.3 is 31.9 Å². The predicted octanol–water partition coefficient (Wildman–Crippen LogP) is 0.331. The quantitative estimate of drug-likeness (QED) is 0.252. The number of nitrogens with two attached hydrogens (primary N) is 1. The Bertz CT molecular complexity index is 1010. The molecule has 0 aliphatic rings. The molecule has 2 aromatic rings. The van der Waals surface area contributed by atoms with E-state index in [-0.39, 0.29) is 24.5 Å². The number of carboxylic acids is 1. The number of aromatic hydroxyl groups is 1. The molecule has 3 unspecified atom stereocenters. The van der Waals surface area contributed by atoms with Gasteiger partial charge in [-0.15, -0.1) is 0 Å². The van der Waals surface area contributed by atoms with Crippen LogP contribution in [0.4, 0.5) is 0 Å². The van der Waals surface area contributed by atoms with E-state index in [4.69, 9.17) is 5.73 Å². The Morgan fingerprint density at radius 3 is 2.03 bits per heavy atom. The molecule has 0 spiro atoms. The van der Waals surface area contributed by atoms with Crippen molar-refractivity contribution in [3.8, 4) is 5.75 Å². The number of carbonyl (C=O) groups excluding carboxylic acids is 3. The van der Waals surface area contributed by atoms with Crippen molar-refractivity contribution in [2.45, 2.75) is 44.8 Å². The van der Waals surface area contributed by atoms with Gasteiger partial charge in [0.1, 0.15) is 17.8 Å². The molecule has 0 aliphatic carbocycles. The van der Waals surface area contributed by atoms with Gasteiger partial charge in [-0.2, -0.15) is 0 Å². The smallest absolute Gasteiger partial charge is 0.326 e. The largest absolute Gasteiger partial charge is 0.508 e. The summed E-state index contributed by atoms with van der Waals surface area (Å²) in [6, 6.07) is 12.1. The van der Waals surface area contributed by atoms with Crippen molar-refractivity contribution in [3.63, 3.8) is 0 Å². The van der Waals surface area contributed by atoms with Gasteiger partial charge in [0.15, 0.2) is 0 Å². The fourth-order valence-electron chi connectivity index (χ4n) is 3.35. The van der Waals surface area contributed by atoms with E-state index in [1.165, 1.54) is 12.1 Å². The first-order chi connectivity index (χ1) is 16.6. The Morgan fingerprint density at radius 2 is 1.46 bits per heavy atom. The van der Waals surface area contributed by atoms with E-state index in [9.17, 15) is 29.4 Å². The van der Waals surface area contributed by atoms with Gasteiger partial charge in [0, 0.05) is 6.42 Å². The molecule has 2 aromatic carbocycles. The van der Waals surface area contributed by atoms with Crippen LogP contribution in [-0.2, 0) is 32.0 Å². The second-order valence-corrected chi connectivity index (χ2v) is 8.57. The minimum absolute atomic E-state index is 0.0967. The Hall–Kier alpha value is -3.92. The highest BCUT2D eigenvalue weighted by Gasteiger charge is 2.27. The Balaban J connectivity index is 1.89. The summed E-state index contributed by atoms with van der Waals surface area (Å²) in [7, 11) is 0. The molecule has 10 nitrogen and oxygen atoms in total. The SMILES string of the molecule is CC(C)C(NC(=O)C(N)Cc1ccc(O)cc1)C(=O)NCC(=O)NC(Cc1ccccc1)C(=O)O. The van der Waals surface area contributed by atoms with Crippen LogP contribution in [0.15, 0.2) is 54.6 Å². The first kappa shape index (κ1) is 27.3. The summed E-state index contributed by atoms with van der Waals surface area (Å²) in [5, 5.41) is 26.2. The molecule has 7 N–H and O–H groups in total. The number of phenolic OH excluding ortho intramolecular Hbond substituents is 1. The van der Waals surface area contributed by atoms with Gasteiger partial charge in [-0.05, 0) is 35.6 Å². The highest BCUT2D eigenvalue weighted by atomic mass is 16.4. The summed E-state index contributed by atoms with van der Waals surface area (Å²) >= 11 is 0. The fourth-order valence-corrected chi connectivity index (χ4v) is 3.35. The highest BCUT2D eigenvalue weighted by molar-refractivity contribution is 5.92. The van der Waals surface area contributed by atoms with Crippen molar-refractivity contribution in [3.05, 3.63) is 65.7 Å². The molecule has 0 aromatic heterocycles.